The molecule has 4 N–H and O–H groups in total. The van der Waals surface area contributed by atoms with Crippen molar-refractivity contribution in [1.82, 2.24) is 39.7 Å². The minimum atomic E-state index is -5.65. The van der Waals surface area contributed by atoms with Crippen LogP contribution in [-0.4, -0.2) is 75.6 Å². The first-order chi connectivity index (χ1) is 39.1. The van der Waals surface area contributed by atoms with Crippen LogP contribution in [0.5, 0.6) is 0 Å². The summed E-state index contributed by atoms with van der Waals surface area (Å²) in [6.45, 7) is 7.40. The topological polar surface area (TPSA) is 177 Å². The van der Waals surface area contributed by atoms with Gasteiger partial charge in [-0.1, -0.05) is 70.2 Å². The smallest absolute Gasteiger partial charge is 0.342 e. The number of nitrogens with one attached hydrogen (secondary N) is 4. The molecule has 0 fully saturated rings. The van der Waals surface area contributed by atoms with Gasteiger partial charge in [0.05, 0.1) is 5.56 Å². The molecule has 0 saturated heterocycles. The molecule has 6 aromatic rings. The Bertz CT molecular complexity index is 3890. The Balaban J connectivity index is 0.971. The Labute approximate surface area is 470 Å². The van der Waals surface area contributed by atoms with Gasteiger partial charge in [-0.15, -0.1) is 0 Å². The molecule has 0 bridgehead atoms. The molecular weight excluding hydrogens is 1130 g/mol. The van der Waals surface area contributed by atoms with Crippen LogP contribution in [0.3, 0.4) is 0 Å². The molecule has 1 aromatic carbocycles. The van der Waals surface area contributed by atoms with Crippen LogP contribution in [0.4, 0.5) is 70.1 Å². The van der Waals surface area contributed by atoms with Gasteiger partial charge in [0.25, 0.3) is 0 Å². The first kappa shape index (κ1) is 56.4. The largest absolute Gasteiger partial charge is 0.433 e. The number of carbonyl (C=O) groups excluding carboxylic acids is 3. The number of ketones is 3. The van der Waals surface area contributed by atoms with Crippen LogP contribution in [-0.2, 0) is 49.9 Å². The van der Waals surface area contributed by atoms with Crippen molar-refractivity contribution in [2.45, 2.75) is 134 Å². The van der Waals surface area contributed by atoms with E-state index in [4.69, 9.17) is 0 Å². The summed E-state index contributed by atoms with van der Waals surface area (Å²) in [6, 6.07) is 11.2. The number of halogens is 12. The molecule has 5 atom stereocenters. The number of allylic oxidation sites excluding steroid dienone is 6. The van der Waals surface area contributed by atoms with Gasteiger partial charge in [-0.3, -0.25) is 38.8 Å². The van der Waals surface area contributed by atoms with Crippen LogP contribution >= 0.6 is 0 Å². The van der Waals surface area contributed by atoms with Crippen LogP contribution in [0.15, 0.2) is 113 Å². The molecule has 6 aliphatic rings. The van der Waals surface area contributed by atoms with Crippen molar-refractivity contribution < 1.29 is 67.1 Å². The van der Waals surface area contributed by atoms with Gasteiger partial charge in [-0.25, -0.2) is 0 Å². The molecule has 12 rings (SSSR count). The van der Waals surface area contributed by atoms with Crippen molar-refractivity contribution in [2.75, 3.05) is 16.0 Å². The summed E-state index contributed by atoms with van der Waals surface area (Å²) < 4.78 is 198. The average molecular weight is 1180 g/mol. The van der Waals surface area contributed by atoms with Crippen molar-refractivity contribution in [2.24, 2.45) is 16.2 Å². The van der Waals surface area contributed by atoms with Crippen LogP contribution < -0.4 is 16.0 Å². The lowest BCUT2D eigenvalue weighted by atomic mass is 9.59. The molecule has 0 radical (unpaired) electrons. The first-order valence-corrected chi connectivity index (χ1v) is 26.6. The monoisotopic (exact) mass is 1180 g/mol. The summed E-state index contributed by atoms with van der Waals surface area (Å²) in [6.07, 6.45) is -20.9. The highest BCUT2D eigenvalue weighted by atomic mass is 19.4. The minimum Gasteiger partial charge on any atom is -0.342 e. The van der Waals surface area contributed by atoms with Crippen LogP contribution in [0, 0.1) is 30.1 Å². The Kier molecular flexibility index (Phi) is 12.1. The first-order valence-electron chi connectivity index (χ1n) is 26.6. The molecule has 26 heteroatoms. The van der Waals surface area contributed by atoms with Crippen molar-refractivity contribution in [3.63, 3.8) is 0 Å². The van der Waals surface area contributed by atoms with Gasteiger partial charge in [0.1, 0.15) is 5.69 Å². The maximum atomic E-state index is 17.0. The van der Waals surface area contributed by atoms with Gasteiger partial charge in [-0.2, -0.15) is 68.0 Å². The van der Waals surface area contributed by atoms with Gasteiger partial charge in [0.15, 0.2) is 51.0 Å². The van der Waals surface area contributed by atoms with E-state index in [0.717, 1.165) is 36.8 Å². The molecule has 5 aromatic heterocycles. The van der Waals surface area contributed by atoms with Gasteiger partial charge < -0.3 is 16.0 Å². The Morgan fingerprint density at radius 2 is 0.929 bits per heavy atom. The van der Waals surface area contributed by atoms with E-state index in [1.807, 2.05) is 0 Å². The summed E-state index contributed by atoms with van der Waals surface area (Å²) in [5, 5.41) is 24.1. The summed E-state index contributed by atoms with van der Waals surface area (Å²) in [5.41, 5.74) is -23.6. The number of nitrogens with zero attached hydrogens (tertiary/aromatic N) is 7. The molecule has 84 heavy (non-hydrogen) atoms. The number of anilines is 3. The highest BCUT2D eigenvalue weighted by Gasteiger charge is 2.71. The second-order valence-corrected chi connectivity index (χ2v) is 24.4. The highest BCUT2D eigenvalue weighted by molar-refractivity contribution is 6.05. The van der Waals surface area contributed by atoms with Gasteiger partial charge in [0, 0.05) is 113 Å². The maximum absolute atomic E-state index is 17.0. The third-order valence-electron chi connectivity index (χ3n) is 17.6. The van der Waals surface area contributed by atoms with E-state index in [-0.39, 0.29) is 63.8 Å². The van der Waals surface area contributed by atoms with Crippen molar-refractivity contribution >= 4 is 34.8 Å². The quantitative estimate of drug-likeness (QED) is 0.112. The third kappa shape index (κ3) is 7.84. The molecule has 3 aliphatic carbocycles. The summed E-state index contributed by atoms with van der Waals surface area (Å²) in [7, 11) is 0. The van der Waals surface area contributed by atoms with Crippen LogP contribution in [0.25, 0.3) is 0 Å². The second-order valence-electron chi connectivity index (χ2n) is 24.4. The highest BCUT2D eigenvalue weighted by Crippen LogP contribution is 2.65. The van der Waals surface area contributed by atoms with E-state index in [9.17, 15) is 9.59 Å². The van der Waals surface area contributed by atoms with Crippen molar-refractivity contribution in [3.05, 3.63) is 164 Å². The lowest BCUT2D eigenvalue weighted by molar-refractivity contribution is -0.175. The molecule has 8 heterocycles. The number of aromatic nitrogens is 8. The number of hydrogen-bond acceptors (Lipinski definition) is 11. The second kappa shape index (κ2) is 18.0. The SMILES string of the molecule is Cc1[nH]nc2c1C(c1ccccc1)(C(F)(F)F)C1=C(CC(C)(Cn3nc4c(c3C)C(c3cccnc3)(C(F)(F)F)C3=C(CC(C)(Cn5nc6c(c5C(F)(F)F)C(c5cccnc5)(C(F)(F)F)C5=C(CC(C)(C)CC5=O)N6)CC3=O)N4)CC1=O)N2. The fraction of sp³-hybridized carbons (Fsp3) is 0.414. The predicted octanol–water partition coefficient (Wildman–Crippen LogP) is 12.3. The number of pyridine rings is 2. The number of rotatable bonds is 7. The molecule has 0 spiro atoms. The van der Waals surface area contributed by atoms with E-state index in [1.54, 1.807) is 20.8 Å². The number of H-pyrrole nitrogens is 1. The Morgan fingerprint density at radius 1 is 0.500 bits per heavy atom. The number of carbonyl (C=O) groups is 3. The molecule has 14 nitrogen and oxygen atoms in total. The average Bonchev–Trinajstić information content (AvgIpc) is 1.25. The summed E-state index contributed by atoms with van der Waals surface area (Å²) in [5.74, 6) is -4.72. The number of fused-ring (bicyclic) bond motifs is 3. The fourth-order valence-electron chi connectivity index (χ4n) is 14.7. The van der Waals surface area contributed by atoms with Gasteiger partial charge in [0.2, 0.25) is 0 Å². The fourth-order valence-corrected chi connectivity index (χ4v) is 14.7. The number of aromatic amines is 1. The van der Waals surface area contributed by atoms with E-state index in [0.29, 0.717) is 0 Å². The Hall–Kier alpha value is -8.06. The van der Waals surface area contributed by atoms with E-state index < -0.39 is 169 Å². The third-order valence-corrected chi connectivity index (χ3v) is 17.6. The molecule has 3 aliphatic heterocycles. The number of hydrogen-bond donors (Lipinski definition) is 4. The minimum absolute atomic E-state index is 0.0457. The standard InChI is InChI=1S/C58H51F12N11O3/c1-28-39-46(77-76-28)73-34-19-50(5,22-37(83)42(34)52(39,56(62,63)64)30-12-8-7-9-13-30)26-80-29(2)40-47(78-80)75-35-20-51(6,23-38(84)43(35)53(40,57(65,66)67)31-14-10-16-71-24-31)27-81-45(55(59,60)61)44-48(79-81)74-33-18-49(3,4)21-36(82)41(33)54(44,58(68,69)70)32-15-11-17-72-25-32/h7-17,24-25H,18-23,26-27H2,1-6H3,(H,74,79)(H,75,78)(H2,73,76,77). The zero-order valence-corrected chi connectivity index (χ0v) is 45.6. The van der Waals surface area contributed by atoms with E-state index >= 15 is 57.5 Å². The van der Waals surface area contributed by atoms with E-state index in [2.05, 4.69) is 46.3 Å². The normalized spacial score (nSPS) is 26.8. The number of aryl methyl sites for hydroxylation is 1. The number of benzene rings is 1. The lowest BCUT2D eigenvalue weighted by Gasteiger charge is -2.47. The Morgan fingerprint density at radius 3 is 1.42 bits per heavy atom. The molecule has 0 saturated carbocycles. The zero-order chi connectivity index (χ0) is 60.5. The zero-order valence-electron chi connectivity index (χ0n) is 45.6. The molecule has 440 valence electrons. The van der Waals surface area contributed by atoms with Crippen molar-refractivity contribution in [1.29, 1.82) is 0 Å². The van der Waals surface area contributed by atoms with Gasteiger partial charge in [-0.05, 0) is 78.2 Å². The molecule has 0 amide bonds. The predicted molar refractivity (Wildman–Crippen MR) is 278 cm³/mol. The maximum Gasteiger partial charge on any atom is 0.433 e. The number of Topliss-reactive ketones (excluding diaryl/α,β-unsaturated/α-hetero) is 3. The summed E-state index contributed by atoms with van der Waals surface area (Å²) >= 11 is 0. The van der Waals surface area contributed by atoms with Crippen molar-refractivity contribution in [3.8, 4) is 0 Å². The van der Waals surface area contributed by atoms with Crippen LogP contribution in [0.1, 0.15) is 117 Å². The van der Waals surface area contributed by atoms with E-state index in [1.165, 1.54) is 68.0 Å². The summed E-state index contributed by atoms with van der Waals surface area (Å²) in [4.78, 5) is 51.9. The van der Waals surface area contributed by atoms with Crippen LogP contribution in [0.2, 0.25) is 0 Å². The number of alkyl halides is 12. The molecular formula is C58H51F12N11O3. The molecule has 5 unspecified atom stereocenters. The lowest BCUT2D eigenvalue weighted by Crippen LogP contribution is -2.53. The van der Waals surface area contributed by atoms with Gasteiger partial charge >= 0.3 is 24.7 Å².